The first-order valence-corrected chi connectivity index (χ1v) is 8.82. The van der Waals surface area contributed by atoms with Crippen molar-refractivity contribution in [2.24, 2.45) is 0 Å². The Morgan fingerprint density at radius 1 is 1.32 bits per heavy atom. The largest absolute Gasteiger partial charge is 0.340 e. The van der Waals surface area contributed by atoms with Crippen LogP contribution in [0.15, 0.2) is 36.9 Å². The van der Waals surface area contributed by atoms with Crippen LogP contribution in [0.5, 0.6) is 0 Å². The zero-order valence-electron chi connectivity index (χ0n) is 14.7. The van der Waals surface area contributed by atoms with Crippen LogP contribution in [0.4, 0.5) is 0 Å². The van der Waals surface area contributed by atoms with E-state index in [0.29, 0.717) is 6.42 Å². The molecule has 6 nitrogen and oxygen atoms in total. The smallest absolute Gasteiger partial charge is 0.228 e. The van der Waals surface area contributed by atoms with E-state index in [1.54, 1.807) is 0 Å². The number of likely N-dealkylation sites (tertiary alicyclic amines) is 1. The highest BCUT2D eigenvalue weighted by atomic mass is 16.2. The molecule has 1 saturated heterocycles. The number of nitrogens with zero attached hydrogens (tertiary/aromatic N) is 5. The number of hydrogen-bond donors (Lipinski definition) is 0. The summed E-state index contributed by atoms with van der Waals surface area (Å²) in [6.07, 6.45) is 10.3. The molecule has 1 amide bonds. The molecule has 1 aliphatic heterocycles. The summed E-state index contributed by atoms with van der Waals surface area (Å²) < 4.78 is 3.99. The Morgan fingerprint density at radius 3 is 2.96 bits per heavy atom. The predicted molar refractivity (Wildman–Crippen MR) is 95.4 cm³/mol. The van der Waals surface area contributed by atoms with Gasteiger partial charge in [-0.25, -0.2) is 4.98 Å². The van der Waals surface area contributed by atoms with Crippen LogP contribution in [0, 0.1) is 13.8 Å². The van der Waals surface area contributed by atoms with Crippen molar-refractivity contribution in [3.05, 3.63) is 53.7 Å². The lowest BCUT2D eigenvalue weighted by Crippen LogP contribution is -2.41. The summed E-state index contributed by atoms with van der Waals surface area (Å²) in [7, 11) is 0. The van der Waals surface area contributed by atoms with Crippen LogP contribution in [-0.4, -0.2) is 43.1 Å². The first-order chi connectivity index (χ1) is 12.1. The van der Waals surface area contributed by atoms with Gasteiger partial charge < -0.3 is 9.30 Å². The monoisotopic (exact) mass is 337 g/mol. The molecule has 0 aromatic carbocycles. The molecule has 4 rings (SSSR count). The van der Waals surface area contributed by atoms with E-state index in [-0.39, 0.29) is 11.9 Å². The van der Waals surface area contributed by atoms with E-state index in [1.165, 1.54) is 0 Å². The highest BCUT2D eigenvalue weighted by molar-refractivity contribution is 5.78. The number of aromatic nitrogens is 4. The van der Waals surface area contributed by atoms with Crippen LogP contribution in [-0.2, 0) is 11.2 Å². The molecule has 1 atom stereocenters. The van der Waals surface area contributed by atoms with Crippen LogP contribution in [0.3, 0.4) is 0 Å². The SMILES string of the molecule is Cc1cnn(C2CCCN(C(=O)Cc3cn4cccc(C)c4n3)C2)c1. The molecular formula is C19H23N5O. The van der Waals surface area contributed by atoms with E-state index in [9.17, 15) is 4.79 Å². The molecule has 25 heavy (non-hydrogen) atoms. The van der Waals surface area contributed by atoms with E-state index >= 15 is 0 Å². The minimum Gasteiger partial charge on any atom is -0.340 e. The number of piperidine rings is 1. The standard InChI is InChI=1S/C19H23N5O/c1-14-10-20-24(11-14)17-6-4-7-22(13-17)18(25)9-16-12-23-8-3-5-15(2)19(23)21-16/h3,5,8,10-12,17H,4,6-7,9,13H2,1-2H3. The highest BCUT2D eigenvalue weighted by Gasteiger charge is 2.25. The number of aryl methyl sites for hydroxylation is 2. The molecule has 1 fully saturated rings. The summed E-state index contributed by atoms with van der Waals surface area (Å²) in [6.45, 7) is 5.63. The Balaban J connectivity index is 1.47. The van der Waals surface area contributed by atoms with Gasteiger partial charge in [0.05, 0.1) is 24.4 Å². The maximum absolute atomic E-state index is 12.8. The Labute approximate surface area is 147 Å². The molecule has 4 heterocycles. The minimum atomic E-state index is 0.148. The van der Waals surface area contributed by atoms with E-state index < -0.39 is 0 Å². The number of hydrogen-bond acceptors (Lipinski definition) is 3. The summed E-state index contributed by atoms with van der Waals surface area (Å²) in [5.74, 6) is 0.148. The van der Waals surface area contributed by atoms with Gasteiger partial charge in [0, 0.05) is 31.7 Å². The van der Waals surface area contributed by atoms with Crippen LogP contribution >= 0.6 is 0 Å². The lowest BCUT2D eigenvalue weighted by molar-refractivity contribution is -0.132. The molecule has 0 radical (unpaired) electrons. The summed E-state index contributed by atoms with van der Waals surface area (Å²) in [6, 6.07) is 4.31. The van der Waals surface area contributed by atoms with E-state index in [1.807, 2.05) is 58.6 Å². The Kier molecular flexibility index (Phi) is 4.03. The van der Waals surface area contributed by atoms with Crippen molar-refractivity contribution in [3.63, 3.8) is 0 Å². The van der Waals surface area contributed by atoms with Crippen molar-refractivity contribution in [3.8, 4) is 0 Å². The maximum atomic E-state index is 12.8. The summed E-state index contributed by atoms with van der Waals surface area (Å²) >= 11 is 0. The van der Waals surface area contributed by atoms with Crippen molar-refractivity contribution < 1.29 is 4.79 Å². The zero-order valence-corrected chi connectivity index (χ0v) is 14.7. The van der Waals surface area contributed by atoms with Gasteiger partial charge in [0.1, 0.15) is 5.65 Å². The molecule has 3 aromatic rings. The van der Waals surface area contributed by atoms with Gasteiger partial charge in [0.15, 0.2) is 0 Å². The van der Waals surface area contributed by atoms with Gasteiger partial charge >= 0.3 is 0 Å². The molecule has 3 aromatic heterocycles. The number of carbonyl (C=O) groups excluding carboxylic acids is 1. The molecule has 6 heteroatoms. The number of amides is 1. The number of pyridine rings is 1. The quantitative estimate of drug-likeness (QED) is 0.738. The van der Waals surface area contributed by atoms with Gasteiger partial charge in [0.25, 0.3) is 0 Å². The maximum Gasteiger partial charge on any atom is 0.228 e. The molecule has 1 aliphatic rings. The minimum absolute atomic E-state index is 0.148. The van der Waals surface area contributed by atoms with E-state index in [2.05, 4.69) is 16.3 Å². The molecule has 130 valence electrons. The fourth-order valence-corrected chi connectivity index (χ4v) is 3.59. The van der Waals surface area contributed by atoms with Crippen LogP contribution in [0.1, 0.15) is 35.7 Å². The summed E-state index contributed by atoms with van der Waals surface area (Å²) in [4.78, 5) is 19.3. The summed E-state index contributed by atoms with van der Waals surface area (Å²) in [5.41, 5.74) is 4.03. The number of rotatable bonds is 3. The molecule has 0 spiro atoms. The topological polar surface area (TPSA) is 55.4 Å². The predicted octanol–water partition coefficient (Wildman–Crippen LogP) is 2.55. The van der Waals surface area contributed by atoms with Crippen molar-refractivity contribution >= 4 is 11.6 Å². The third-order valence-corrected chi connectivity index (χ3v) is 4.91. The molecule has 0 saturated carbocycles. The number of carbonyl (C=O) groups is 1. The Morgan fingerprint density at radius 2 is 2.20 bits per heavy atom. The molecule has 0 aliphatic carbocycles. The van der Waals surface area contributed by atoms with Crippen molar-refractivity contribution in [1.82, 2.24) is 24.1 Å². The number of imidazole rings is 1. The first-order valence-electron chi connectivity index (χ1n) is 8.82. The van der Waals surface area contributed by atoms with Crippen molar-refractivity contribution in [2.75, 3.05) is 13.1 Å². The van der Waals surface area contributed by atoms with Gasteiger partial charge in [-0.1, -0.05) is 6.07 Å². The third kappa shape index (κ3) is 3.16. The third-order valence-electron chi connectivity index (χ3n) is 4.91. The fraction of sp³-hybridized carbons (Fsp3) is 0.421. The van der Waals surface area contributed by atoms with Gasteiger partial charge in [-0.15, -0.1) is 0 Å². The average Bonchev–Trinajstić information content (AvgIpc) is 3.22. The second kappa shape index (κ2) is 6.35. The van der Waals surface area contributed by atoms with E-state index in [0.717, 1.165) is 48.4 Å². The molecule has 0 N–H and O–H groups in total. The fourth-order valence-electron chi connectivity index (χ4n) is 3.59. The lowest BCUT2D eigenvalue weighted by Gasteiger charge is -2.32. The van der Waals surface area contributed by atoms with E-state index in [4.69, 9.17) is 0 Å². The first kappa shape index (κ1) is 15.9. The van der Waals surface area contributed by atoms with Crippen molar-refractivity contribution in [1.29, 1.82) is 0 Å². The Hall–Kier alpha value is -2.63. The second-order valence-corrected chi connectivity index (χ2v) is 6.96. The van der Waals surface area contributed by atoms with Crippen LogP contribution in [0.25, 0.3) is 5.65 Å². The average molecular weight is 337 g/mol. The summed E-state index contributed by atoms with van der Waals surface area (Å²) in [5, 5.41) is 4.42. The van der Waals surface area contributed by atoms with Gasteiger partial charge in [-0.2, -0.15) is 5.10 Å². The Bertz CT molecular complexity index is 910. The lowest BCUT2D eigenvalue weighted by atomic mass is 10.1. The van der Waals surface area contributed by atoms with Crippen LogP contribution in [0.2, 0.25) is 0 Å². The normalized spacial score (nSPS) is 18.0. The van der Waals surface area contributed by atoms with Crippen molar-refractivity contribution in [2.45, 2.75) is 39.2 Å². The zero-order chi connectivity index (χ0) is 17.4. The van der Waals surface area contributed by atoms with Gasteiger partial charge in [-0.05, 0) is 43.9 Å². The number of fused-ring (bicyclic) bond motifs is 1. The van der Waals surface area contributed by atoms with Gasteiger partial charge in [0.2, 0.25) is 5.91 Å². The molecule has 0 bridgehead atoms. The molecule has 1 unspecified atom stereocenters. The molecular weight excluding hydrogens is 314 g/mol. The second-order valence-electron chi connectivity index (χ2n) is 6.96. The highest BCUT2D eigenvalue weighted by Crippen LogP contribution is 2.22. The van der Waals surface area contributed by atoms with Gasteiger partial charge in [-0.3, -0.25) is 9.48 Å². The van der Waals surface area contributed by atoms with Crippen LogP contribution < -0.4 is 0 Å².